The van der Waals surface area contributed by atoms with Gasteiger partial charge in [0.2, 0.25) is 5.91 Å². The first-order valence-electron chi connectivity index (χ1n) is 8.70. The number of aliphatic imine (C=N–C) groups is 1. The van der Waals surface area contributed by atoms with E-state index in [1.54, 1.807) is 6.07 Å². The topological polar surface area (TPSA) is 88.7 Å². The smallest absolute Gasteiger partial charge is 0.221 e. The van der Waals surface area contributed by atoms with Crippen LogP contribution in [0.5, 0.6) is 5.75 Å². The van der Waals surface area contributed by atoms with Gasteiger partial charge in [-0.1, -0.05) is 31.7 Å². The molecule has 1 aliphatic rings. The van der Waals surface area contributed by atoms with Crippen molar-refractivity contribution in [1.82, 2.24) is 5.32 Å². The third-order valence-corrected chi connectivity index (χ3v) is 4.00. The van der Waals surface area contributed by atoms with E-state index >= 15 is 0 Å². The molecule has 1 saturated carbocycles. The molecule has 2 rings (SSSR count). The number of rotatable bonds is 6. The number of ether oxygens (including phenoxy) is 1. The first kappa shape index (κ1) is 18.1. The maximum absolute atomic E-state index is 11.1. The summed E-state index contributed by atoms with van der Waals surface area (Å²) in [5.41, 5.74) is 6.67. The van der Waals surface area contributed by atoms with Crippen molar-refractivity contribution in [3.05, 3.63) is 24.3 Å². The number of hydrogen-bond donors (Lipinski definition) is 3. The molecule has 1 amide bonds. The van der Waals surface area contributed by atoms with E-state index in [9.17, 15) is 4.79 Å². The summed E-state index contributed by atoms with van der Waals surface area (Å²) in [5.74, 6) is 1.10. The highest BCUT2D eigenvalue weighted by Crippen LogP contribution is 2.18. The number of nitrogens with two attached hydrogens (primary N) is 1. The summed E-state index contributed by atoms with van der Waals surface area (Å²) in [6.07, 6.45) is 7.50. The third kappa shape index (κ3) is 6.89. The second-order valence-electron chi connectivity index (χ2n) is 6.16. The van der Waals surface area contributed by atoms with E-state index in [1.165, 1.54) is 45.4 Å². The maximum atomic E-state index is 11.1. The zero-order chi connectivity index (χ0) is 17.2. The Morgan fingerprint density at radius 2 is 2.04 bits per heavy atom. The summed E-state index contributed by atoms with van der Waals surface area (Å²) >= 11 is 0. The predicted molar refractivity (Wildman–Crippen MR) is 97.4 cm³/mol. The van der Waals surface area contributed by atoms with Crippen molar-refractivity contribution in [2.75, 3.05) is 18.5 Å². The minimum Gasteiger partial charge on any atom is -0.492 e. The van der Waals surface area contributed by atoms with Gasteiger partial charge in [0.1, 0.15) is 12.4 Å². The number of nitrogens with one attached hydrogen (secondary N) is 2. The fourth-order valence-electron chi connectivity index (χ4n) is 2.87. The molecular formula is C18H28N4O2. The minimum atomic E-state index is -0.103. The van der Waals surface area contributed by atoms with Gasteiger partial charge in [-0.05, 0) is 25.0 Å². The van der Waals surface area contributed by atoms with E-state index in [-0.39, 0.29) is 5.91 Å². The monoisotopic (exact) mass is 332 g/mol. The van der Waals surface area contributed by atoms with Crippen LogP contribution in [0.1, 0.15) is 45.4 Å². The molecule has 0 aliphatic heterocycles. The zero-order valence-electron chi connectivity index (χ0n) is 14.4. The number of amides is 1. The largest absolute Gasteiger partial charge is 0.492 e. The Kier molecular flexibility index (Phi) is 7.39. The summed E-state index contributed by atoms with van der Waals surface area (Å²) in [6, 6.07) is 7.75. The second-order valence-corrected chi connectivity index (χ2v) is 6.16. The molecule has 0 bridgehead atoms. The molecule has 0 heterocycles. The van der Waals surface area contributed by atoms with Crippen LogP contribution in [0.2, 0.25) is 0 Å². The quantitative estimate of drug-likeness (QED) is 0.323. The van der Waals surface area contributed by atoms with Crippen LogP contribution in [-0.2, 0) is 4.79 Å². The molecule has 24 heavy (non-hydrogen) atoms. The molecule has 0 spiro atoms. The highest BCUT2D eigenvalue weighted by molar-refractivity contribution is 5.88. The number of carbonyl (C=O) groups is 1. The van der Waals surface area contributed by atoms with Crippen molar-refractivity contribution >= 4 is 17.6 Å². The SMILES string of the molecule is CC(=O)Nc1cccc(OCCN=C(N)NC2CCCCCC2)c1. The van der Waals surface area contributed by atoms with Crippen molar-refractivity contribution in [3.8, 4) is 5.75 Å². The Bertz CT molecular complexity index is 552. The van der Waals surface area contributed by atoms with Crippen molar-refractivity contribution in [1.29, 1.82) is 0 Å². The minimum absolute atomic E-state index is 0.103. The fourth-order valence-corrected chi connectivity index (χ4v) is 2.87. The van der Waals surface area contributed by atoms with Gasteiger partial charge in [0, 0.05) is 24.7 Å². The summed E-state index contributed by atoms with van der Waals surface area (Å²) in [5, 5.41) is 6.04. The summed E-state index contributed by atoms with van der Waals surface area (Å²) < 4.78 is 5.65. The van der Waals surface area contributed by atoms with Crippen molar-refractivity contribution in [2.45, 2.75) is 51.5 Å². The lowest BCUT2D eigenvalue weighted by atomic mass is 10.1. The van der Waals surface area contributed by atoms with Gasteiger partial charge in [-0.25, -0.2) is 4.99 Å². The Morgan fingerprint density at radius 1 is 1.29 bits per heavy atom. The number of hydrogen-bond acceptors (Lipinski definition) is 3. The average Bonchev–Trinajstić information content (AvgIpc) is 2.80. The lowest BCUT2D eigenvalue weighted by Crippen LogP contribution is -2.40. The van der Waals surface area contributed by atoms with Crippen LogP contribution in [-0.4, -0.2) is 31.1 Å². The molecule has 1 aromatic carbocycles. The predicted octanol–water partition coefficient (Wildman–Crippen LogP) is 2.65. The molecule has 1 aliphatic carbocycles. The number of benzene rings is 1. The Hall–Kier alpha value is -2.24. The van der Waals surface area contributed by atoms with Crippen LogP contribution in [0.25, 0.3) is 0 Å². The Balaban J connectivity index is 1.72. The van der Waals surface area contributed by atoms with Gasteiger partial charge in [0.25, 0.3) is 0 Å². The Labute approximate surface area is 143 Å². The van der Waals surface area contributed by atoms with E-state index in [4.69, 9.17) is 10.5 Å². The van der Waals surface area contributed by atoms with Crippen LogP contribution < -0.4 is 21.1 Å². The van der Waals surface area contributed by atoms with E-state index < -0.39 is 0 Å². The number of guanidine groups is 1. The van der Waals surface area contributed by atoms with Gasteiger partial charge >= 0.3 is 0 Å². The molecule has 0 aromatic heterocycles. The lowest BCUT2D eigenvalue weighted by molar-refractivity contribution is -0.114. The van der Waals surface area contributed by atoms with Gasteiger partial charge in [0.15, 0.2) is 5.96 Å². The first-order chi connectivity index (χ1) is 11.6. The standard InChI is InChI=1S/C18H28N4O2/c1-14(23)21-16-9-6-10-17(13-16)24-12-11-20-18(19)22-15-7-4-2-3-5-8-15/h6,9-10,13,15H,2-5,7-8,11-12H2,1H3,(H,21,23)(H3,19,20,22). The maximum Gasteiger partial charge on any atom is 0.221 e. The lowest BCUT2D eigenvalue weighted by Gasteiger charge is -2.16. The second kappa shape index (κ2) is 9.80. The Morgan fingerprint density at radius 3 is 2.75 bits per heavy atom. The highest BCUT2D eigenvalue weighted by atomic mass is 16.5. The zero-order valence-corrected chi connectivity index (χ0v) is 14.4. The van der Waals surface area contributed by atoms with E-state index in [1.807, 2.05) is 18.2 Å². The van der Waals surface area contributed by atoms with Crippen LogP contribution in [0.15, 0.2) is 29.3 Å². The summed E-state index contributed by atoms with van der Waals surface area (Å²) in [4.78, 5) is 15.4. The van der Waals surface area contributed by atoms with Crippen molar-refractivity contribution in [2.24, 2.45) is 10.7 Å². The number of anilines is 1. The van der Waals surface area contributed by atoms with Crippen LogP contribution >= 0.6 is 0 Å². The first-order valence-corrected chi connectivity index (χ1v) is 8.70. The van der Waals surface area contributed by atoms with Crippen molar-refractivity contribution in [3.63, 3.8) is 0 Å². The van der Waals surface area contributed by atoms with E-state index in [0.29, 0.717) is 30.9 Å². The number of nitrogens with zero attached hydrogens (tertiary/aromatic N) is 1. The van der Waals surface area contributed by atoms with Gasteiger partial charge in [0.05, 0.1) is 6.54 Å². The molecule has 0 saturated heterocycles. The van der Waals surface area contributed by atoms with Gasteiger partial charge in [-0.15, -0.1) is 0 Å². The third-order valence-electron chi connectivity index (χ3n) is 4.00. The molecule has 1 aromatic rings. The molecule has 1 fully saturated rings. The molecule has 4 N–H and O–H groups in total. The van der Waals surface area contributed by atoms with E-state index in [0.717, 1.165) is 5.69 Å². The average molecular weight is 332 g/mol. The highest BCUT2D eigenvalue weighted by Gasteiger charge is 2.12. The molecule has 6 nitrogen and oxygen atoms in total. The molecular weight excluding hydrogens is 304 g/mol. The number of carbonyl (C=O) groups excluding carboxylic acids is 1. The van der Waals surface area contributed by atoms with Crippen LogP contribution in [0.3, 0.4) is 0 Å². The van der Waals surface area contributed by atoms with Crippen molar-refractivity contribution < 1.29 is 9.53 Å². The fraction of sp³-hybridized carbons (Fsp3) is 0.556. The molecule has 0 unspecified atom stereocenters. The summed E-state index contributed by atoms with van der Waals surface area (Å²) in [7, 11) is 0. The van der Waals surface area contributed by atoms with Crippen LogP contribution in [0.4, 0.5) is 5.69 Å². The molecule has 6 heteroatoms. The molecule has 0 atom stereocenters. The van der Waals surface area contributed by atoms with Gasteiger partial charge in [-0.3, -0.25) is 4.79 Å². The normalized spacial score (nSPS) is 16.3. The molecule has 132 valence electrons. The molecule has 0 radical (unpaired) electrons. The van der Waals surface area contributed by atoms with E-state index in [2.05, 4.69) is 15.6 Å². The summed E-state index contributed by atoms with van der Waals surface area (Å²) in [6.45, 7) is 2.42. The van der Waals surface area contributed by atoms with Crippen LogP contribution in [0, 0.1) is 0 Å². The van der Waals surface area contributed by atoms with Gasteiger partial charge in [-0.2, -0.15) is 0 Å². The van der Waals surface area contributed by atoms with Gasteiger partial charge < -0.3 is 21.1 Å².